The number of aliphatic hydroxyl groups is 1. The second kappa shape index (κ2) is 9.11. The summed E-state index contributed by atoms with van der Waals surface area (Å²) in [6, 6.07) is 14.2. The molecule has 0 bridgehead atoms. The fourth-order valence-electron chi connectivity index (χ4n) is 3.41. The average Bonchev–Trinajstić information content (AvgIpc) is 2.69. The van der Waals surface area contributed by atoms with Crippen molar-refractivity contribution in [3.8, 4) is 11.5 Å². The summed E-state index contributed by atoms with van der Waals surface area (Å²) in [6.07, 6.45) is -0.496. The number of aliphatic hydroxyl groups excluding tert-OH is 1. The third-order valence-electron chi connectivity index (χ3n) is 5.19. The number of rotatable bonds is 7. The van der Waals surface area contributed by atoms with E-state index < -0.39 is 6.10 Å². The second-order valence-electron chi connectivity index (χ2n) is 7.17. The van der Waals surface area contributed by atoms with Crippen molar-refractivity contribution in [3.05, 3.63) is 53.6 Å². The van der Waals surface area contributed by atoms with Crippen LogP contribution in [0.15, 0.2) is 42.5 Å². The summed E-state index contributed by atoms with van der Waals surface area (Å²) in [6.45, 7) is 8.77. The number of β-amino-alcohol motifs (C(OH)–C–C–N with tert-alkyl or cyclic N) is 1. The van der Waals surface area contributed by atoms with Crippen LogP contribution < -0.4 is 14.4 Å². The van der Waals surface area contributed by atoms with Crippen LogP contribution in [-0.2, 0) is 0 Å². The molecule has 2 aromatic carbocycles. The van der Waals surface area contributed by atoms with Crippen LogP contribution in [0.2, 0.25) is 0 Å². The van der Waals surface area contributed by atoms with Crippen LogP contribution in [0.4, 0.5) is 5.69 Å². The number of benzene rings is 2. The molecule has 0 saturated carbocycles. The van der Waals surface area contributed by atoms with Gasteiger partial charge >= 0.3 is 0 Å². The summed E-state index contributed by atoms with van der Waals surface area (Å²) >= 11 is 0. The van der Waals surface area contributed by atoms with E-state index in [1.807, 2.05) is 36.4 Å². The molecule has 5 heteroatoms. The Balaban J connectivity index is 1.45. The first-order chi connectivity index (χ1) is 13.1. The van der Waals surface area contributed by atoms with Gasteiger partial charge in [-0.1, -0.05) is 18.2 Å². The number of aryl methyl sites for hydroxylation is 2. The molecule has 27 heavy (non-hydrogen) atoms. The van der Waals surface area contributed by atoms with Gasteiger partial charge in [-0.3, -0.25) is 4.90 Å². The zero-order valence-corrected chi connectivity index (χ0v) is 16.5. The molecule has 3 rings (SSSR count). The van der Waals surface area contributed by atoms with Gasteiger partial charge in [0.05, 0.1) is 12.8 Å². The number of ether oxygens (including phenoxy) is 2. The van der Waals surface area contributed by atoms with Gasteiger partial charge in [0.15, 0.2) is 0 Å². The van der Waals surface area contributed by atoms with E-state index >= 15 is 0 Å². The maximum Gasteiger partial charge on any atom is 0.142 e. The van der Waals surface area contributed by atoms with Gasteiger partial charge in [-0.05, 0) is 49.2 Å². The number of hydrogen-bond donors (Lipinski definition) is 1. The third-order valence-corrected chi connectivity index (χ3v) is 5.19. The van der Waals surface area contributed by atoms with Gasteiger partial charge < -0.3 is 19.5 Å². The molecule has 2 aromatic rings. The van der Waals surface area contributed by atoms with Crippen molar-refractivity contribution in [3.63, 3.8) is 0 Å². The van der Waals surface area contributed by atoms with Gasteiger partial charge in [-0.25, -0.2) is 0 Å². The molecular weight excluding hydrogens is 340 g/mol. The Kier molecular flexibility index (Phi) is 6.58. The Hall–Kier alpha value is -2.24. The molecule has 0 aliphatic carbocycles. The standard InChI is InChI=1S/C22H30N2O3/c1-17-8-9-20(14-18(17)2)27-16-19(25)15-23-10-12-24(13-11-23)21-6-4-5-7-22(21)26-3/h4-9,14,19,25H,10-13,15-16H2,1-3H3/t19-/m1/s1. The molecular formula is C22H30N2O3. The van der Waals surface area contributed by atoms with Crippen molar-refractivity contribution < 1.29 is 14.6 Å². The molecule has 1 aliphatic heterocycles. The molecule has 1 fully saturated rings. The molecule has 1 aliphatic rings. The summed E-state index contributed by atoms with van der Waals surface area (Å²) < 4.78 is 11.2. The quantitative estimate of drug-likeness (QED) is 0.812. The van der Waals surface area contributed by atoms with E-state index in [4.69, 9.17) is 9.47 Å². The van der Waals surface area contributed by atoms with Crippen LogP contribution in [0, 0.1) is 13.8 Å². The number of anilines is 1. The van der Waals surface area contributed by atoms with Crippen molar-refractivity contribution in [2.75, 3.05) is 51.3 Å². The van der Waals surface area contributed by atoms with Crippen LogP contribution in [0.1, 0.15) is 11.1 Å². The highest BCUT2D eigenvalue weighted by Crippen LogP contribution is 2.28. The first-order valence-corrected chi connectivity index (χ1v) is 9.55. The molecule has 1 atom stereocenters. The molecule has 0 radical (unpaired) electrons. The van der Waals surface area contributed by atoms with Gasteiger partial charge in [-0.2, -0.15) is 0 Å². The number of hydrogen-bond acceptors (Lipinski definition) is 5. The number of nitrogens with zero attached hydrogens (tertiary/aromatic N) is 2. The molecule has 0 amide bonds. The maximum atomic E-state index is 10.4. The van der Waals surface area contributed by atoms with Crippen molar-refractivity contribution >= 4 is 5.69 Å². The van der Waals surface area contributed by atoms with Crippen molar-refractivity contribution in [2.45, 2.75) is 20.0 Å². The van der Waals surface area contributed by atoms with Gasteiger partial charge in [0.1, 0.15) is 24.2 Å². The lowest BCUT2D eigenvalue weighted by atomic mass is 10.1. The minimum atomic E-state index is -0.496. The van der Waals surface area contributed by atoms with E-state index in [-0.39, 0.29) is 0 Å². The zero-order valence-electron chi connectivity index (χ0n) is 16.5. The molecule has 146 valence electrons. The van der Waals surface area contributed by atoms with E-state index in [0.717, 1.165) is 43.4 Å². The molecule has 1 saturated heterocycles. The highest BCUT2D eigenvalue weighted by Gasteiger charge is 2.21. The lowest BCUT2D eigenvalue weighted by Crippen LogP contribution is -2.49. The minimum Gasteiger partial charge on any atom is -0.495 e. The smallest absolute Gasteiger partial charge is 0.142 e. The van der Waals surface area contributed by atoms with E-state index in [9.17, 15) is 5.11 Å². The van der Waals surface area contributed by atoms with Gasteiger partial charge in [0.2, 0.25) is 0 Å². The van der Waals surface area contributed by atoms with E-state index in [0.29, 0.717) is 13.2 Å². The third kappa shape index (κ3) is 5.15. The molecule has 0 unspecified atom stereocenters. The first-order valence-electron chi connectivity index (χ1n) is 9.55. The van der Waals surface area contributed by atoms with Crippen LogP contribution in [0.5, 0.6) is 11.5 Å². The Morgan fingerprint density at radius 3 is 2.44 bits per heavy atom. The van der Waals surface area contributed by atoms with Gasteiger partial charge in [0.25, 0.3) is 0 Å². The predicted octanol–water partition coefficient (Wildman–Crippen LogP) is 2.87. The summed E-state index contributed by atoms with van der Waals surface area (Å²) in [5, 5.41) is 10.4. The van der Waals surface area contributed by atoms with Crippen LogP contribution in [-0.4, -0.2) is 62.6 Å². The fourth-order valence-corrected chi connectivity index (χ4v) is 3.41. The highest BCUT2D eigenvalue weighted by molar-refractivity contribution is 5.58. The largest absolute Gasteiger partial charge is 0.495 e. The molecule has 5 nitrogen and oxygen atoms in total. The SMILES string of the molecule is COc1ccccc1N1CCN(C[C@@H](O)COc2ccc(C)c(C)c2)CC1. The van der Waals surface area contributed by atoms with Gasteiger partial charge in [-0.15, -0.1) is 0 Å². The highest BCUT2D eigenvalue weighted by atomic mass is 16.5. The first kappa shape index (κ1) is 19.5. The Morgan fingerprint density at radius 2 is 1.74 bits per heavy atom. The fraction of sp³-hybridized carbons (Fsp3) is 0.455. The second-order valence-corrected chi connectivity index (χ2v) is 7.17. The number of piperazine rings is 1. The molecule has 1 heterocycles. The summed E-state index contributed by atoms with van der Waals surface area (Å²) in [5.41, 5.74) is 3.59. The maximum absolute atomic E-state index is 10.4. The van der Waals surface area contributed by atoms with E-state index in [1.54, 1.807) is 7.11 Å². The average molecular weight is 370 g/mol. The summed E-state index contributed by atoms with van der Waals surface area (Å²) in [7, 11) is 1.71. The van der Waals surface area contributed by atoms with Gasteiger partial charge in [0, 0.05) is 32.7 Å². The predicted molar refractivity (Wildman–Crippen MR) is 109 cm³/mol. The Morgan fingerprint density at radius 1 is 1.00 bits per heavy atom. The topological polar surface area (TPSA) is 45.2 Å². The molecule has 0 spiro atoms. The monoisotopic (exact) mass is 370 g/mol. The van der Waals surface area contributed by atoms with E-state index in [1.165, 1.54) is 11.1 Å². The normalized spacial score (nSPS) is 16.2. The lowest BCUT2D eigenvalue weighted by molar-refractivity contribution is 0.0662. The van der Waals surface area contributed by atoms with E-state index in [2.05, 4.69) is 29.7 Å². The van der Waals surface area contributed by atoms with Crippen LogP contribution in [0.3, 0.4) is 0 Å². The van der Waals surface area contributed by atoms with Crippen LogP contribution in [0.25, 0.3) is 0 Å². The zero-order chi connectivity index (χ0) is 19.2. The minimum absolute atomic E-state index is 0.315. The van der Waals surface area contributed by atoms with Crippen molar-refractivity contribution in [2.24, 2.45) is 0 Å². The molecule has 0 aromatic heterocycles. The Bertz CT molecular complexity index is 742. The summed E-state index contributed by atoms with van der Waals surface area (Å²) in [5.74, 6) is 1.73. The van der Waals surface area contributed by atoms with Crippen LogP contribution >= 0.6 is 0 Å². The molecule has 1 N–H and O–H groups in total. The number of methoxy groups -OCH3 is 1. The van der Waals surface area contributed by atoms with Crippen molar-refractivity contribution in [1.82, 2.24) is 4.90 Å². The lowest BCUT2D eigenvalue weighted by Gasteiger charge is -2.37. The summed E-state index contributed by atoms with van der Waals surface area (Å²) in [4.78, 5) is 4.63. The number of para-hydroxylation sites is 2. The van der Waals surface area contributed by atoms with Crippen molar-refractivity contribution in [1.29, 1.82) is 0 Å². The Labute approximate surface area is 162 Å².